The summed E-state index contributed by atoms with van der Waals surface area (Å²) in [5.41, 5.74) is 1.22. The van der Waals surface area contributed by atoms with Crippen LogP contribution in [0.2, 0.25) is 0 Å². The van der Waals surface area contributed by atoms with E-state index in [1.54, 1.807) is 7.11 Å². The van der Waals surface area contributed by atoms with Crippen LogP contribution >= 0.6 is 11.6 Å². The Balaban J connectivity index is 2.51. The molecule has 0 aliphatic heterocycles. The van der Waals surface area contributed by atoms with E-state index in [4.69, 9.17) is 16.3 Å². The smallest absolute Gasteiger partial charge is 0.119 e. The minimum atomic E-state index is 0.301. The molecule has 1 aromatic rings. The minimum absolute atomic E-state index is 0.301. The summed E-state index contributed by atoms with van der Waals surface area (Å²) in [5.74, 6) is 1.46. The second-order valence-corrected chi connectivity index (χ2v) is 3.84. The van der Waals surface area contributed by atoms with Gasteiger partial charge in [-0.05, 0) is 24.6 Å². The quantitative estimate of drug-likeness (QED) is 0.608. The first-order valence-electron chi connectivity index (χ1n) is 5.36. The fraction of sp³-hybridized carbons (Fsp3) is 0.385. The molecule has 0 spiro atoms. The third kappa shape index (κ3) is 4.25. The lowest BCUT2D eigenvalue weighted by atomic mass is 10.1. The van der Waals surface area contributed by atoms with E-state index in [9.17, 15) is 0 Å². The van der Waals surface area contributed by atoms with Gasteiger partial charge in [-0.1, -0.05) is 24.3 Å². The lowest BCUT2D eigenvalue weighted by molar-refractivity contribution is 0.413. The molecule has 1 N–H and O–H groups in total. The fourth-order valence-electron chi connectivity index (χ4n) is 1.42. The van der Waals surface area contributed by atoms with E-state index in [2.05, 4.69) is 18.3 Å². The predicted octanol–water partition coefficient (Wildman–Crippen LogP) is 3.14. The summed E-state index contributed by atoms with van der Waals surface area (Å²) in [6.45, 7) is 2.95. The maximum Gasteiger partial charge on any atom is 0.119 e. The summed E-state index contributed by atoms with van der Waals surface area (Å²) >= 11 is 5.54. The first-order valence-corrected chi connectivity index (χ1v) is 5.89. The third-order valence-corrected chi connectivity index (χ3v) is 2.57. The summed E-state index contributed by atoms with van der Waals surface area (Å²) < 4.78 is 5.19. The summed E-state index contributed by atoms with van der Waals surface area (Å²) in [7, 11) is 1.68. The van der Waals surface area contributed by atoms with Crippen LogP contribution in [0.5, 0.6) is 5.75 Å². The number of rotatable bonds is 6. The van der Waals surface area contributed by atoms with Gasteiger partial charge in [-0.3, -0.25) is 0 Å². The van der Waals surface area contributed by atoms with Crippen molar-refractivity contribution in [3.8, 4) is 5.75 Å². The molecule has 0 heterocycles. The molecule has 0 aliphatic rings. The van der Waals surface area contributed by atoms with Gasteiger partial charge in [-0.2, -0.15) is 0 Å². The van der Waals surface area contributed by atoms with Crippen molar-refractivity contribution in [3.63, 3.8) is 0 Å². The molecule has 3 heteroatoms. The number of hydrogen-bond acceptors (Lipinski definition) is 2. The van der Waals surface area contributed by atoms with Crippen LogP contribution in [0, 0.1) is 0 Å². The van der Waals surface area contributed by atoms with E-state index in [1.165, 1.54) is 5.56 Å². The van der Waals surface area contributed by atoms with Gasteiger partial charge in [0.2, 0.25) is 0 Å². The van der Waals surface area contributed by atoms with Gasteiger partial charge in [0.25, 0.3) is 0 Å². The number of ether oxygens (including phenoxy) is 1. The Morgan fingerprint density at radius 1 is 1.44 bits per heavy atom. The molecule has 1 atom stereocenters. The van der Waals surface area contributed by atoms with E-state index < -0.39 is 0 Å². The van der Waals surface area contributed by atoms with Gasteiger partial charge < -0.3 is 10.1 Å². The van der Waals surface area contributed by atoms with E-state index in [1.807, 2.05) is 30.4 Å². The molecule has 16 heavy (non-hydrogen) atoms. The second-order valence-electron chi connectivity index (χ2n) is 3.53. The maximum absolute atomic E-state index is 5.54. The summed E-state index contributed by atoms with van der Waals surface area (Å²) in [4.78, 5) is 0. The molecule has 0 fully saturated rings. The van der Waals surface area contributed by atoms with Crippen LogP contribution in [0.25, 0.3) is 0 Å². The lowest BCUT2D eigenvalue weighted by Crippen LogP contribution is -2.18. The van der Waals surface area contributed by atoms with Crippen LogP contribution in [0.4, 0.5) is 0 Å². The standard InChI is InChI=1S/C13H18ClNO/c1-11(15-9-4-3-8-14)12-6-5-7-13(10-12)16-2/h3-7,10-11,15H,8-9H2,1-2H3/b4-3+/t11-/m0/s1. The maximum atomic E-state index is 5.54. The van der Waals surface area contributed by atoms with Crippen LogP contribution < -0.4 is 10.1 Å². The molecule has 2 nitrogen and oxygen atoms in total. The van der Waals surface area contributed by atoms with Gasteiger partial charge in [-0.25, -0.2) is 0 Å². The van der Waals surface area contributed by atoms with Gasteiger partial charge in [0.05, 0.1) is 7.11 Å². The lowest BCUT2D eigenvalue weighted by Gasteiger charge is -2.13. The van der Waals surface area contributed by atoms with Crippen molar-refractivity contribution < 1.29 is 4.74 Å². The number of nitrogens with one attached hydrogen (secondary N) is 1. The van der Waals surface area contributed by atoms with Gasteiger partial charge in [0.1, 0.15) is 5.75 Å². The molecular formula is C13H18ClNO. The van der Waals surface area contributed by atoms with Crippen LogP contribution in [0.15, 0.2) is 36.4 Å². The van der Waals surface area contributed by atoms with E-state index >= 15 is 0 Å². The fourth-order valence-corrected chi connectivity index (χ4v) is 1.55. The molecule has 88 valence electrons. The number of methoxy groups -OCH3 is 1. The zero-order valence-corrected chi connectivity index (χ0v) is 10.5. The highest BCUT2D eigenvalue weighted by Crippen LogP contribution is 2.18. The SMILES string of the molecule is COc1cccc([C@H](C)NC/C=C/CCl)c1. The van der Waals surface area contributed by atoms with Crippen molar-refractivity contribution in [1.29, 1.82) is 0 Å². The summed E-state index contributed by atoms with van der Waals surface area (Å²) in [5, 5.41) is 3.38. The molecular weight excluding hydrogens is 222 g/mol. The van der Waals surface area contributed by atoms with Crippen molar-refractivity contribution in [2.75, 3.05) is 19.5 Å². The normalized spacial score (nSPS) is 12.9. The van der Waals surface area contributed by atoms with Crippen molar-refractivity contribution >= 4 is 11.6 Å². The average Bonchev–Trinajstić information content (AvgIpc) is 2.34. The number of alkyl halides is 1. The Hall–Kier alpha value is -0.990. The highest BCUT2D eigenvalue weighted by molar-refractivity contribution is 6.18. The van der Waals surface area contributed by atoms with Gasteiger partial charge in [-0.15, -0.1) is 11.6 Å². The molecule has 0 unspecified atom stereocenters. The molecule has 0 radical (unpaired) electrons. The van der Waals surface area contributed by atoms with Crippen molar-refractivity contribution in [2.45, 2.75) is 13.0 Å². The van der Waals surface area contributed by atoms with Crippen molar-refractivity contribution in [1.82, 2.24) is 5.32 Å². The Kier molecular flexibility index (Phi) is 5.98. The van der Waals surface area contributed by atoms with Crippen molar-refractivity contribution in [2.24, 2.45) is 0 Å². The monoisotopic (exact) mass is 239 g/mol. The minimum Gasteiger partial charge on any atom is -0.497 e. The van der Waals surface area contributed by atoms with Crippen molar-refractivity contribution in [3.05, 3.63) is 42.0 Å². The Bertz CT molecular complexity index is 338. The summed E-state index contributed by atoms with van der Waals surface area (Å²) in [6, 6.07) is 8.38. The molecule has 0 amide bonds. The van der Waals surface area contributed by atoms with Gasteiger partial charge in [0, 0.05) is 18.5 Å². The topological polar surface area (TPSA) is 21.3 Å². The largest absolute Gasteiger partial charge is 0.497 e. The average molecular weight is 240 g/mol. The van der Waals surface area contributed by atoms with Gasteiger partial charge in [0.15, 0.2) is 0 Å². The Labute approximate surface area is 102 Å². The zero-order chi connectivity index (χ0) is 11.8. The second kappa shape index (κ2) is 7.31. The van der Waals surface area contributed by atoms with Gasteiger partial charge >= 0.3 is 0 Å². The molecule has 0 aromatic heterocycles. The number of halogens is 1. The molecule has 0 saturated carbocycles. The number of allylic oxidation sites excluding steroid dienone is 1. The molecule has 1 aromatic carbocycles. The Morgan fingerprint density at radius 3 is 2.94 bits per heavy atom. The van der Waals surface area contributed by atoms with Crippen LogP contribution in [-0.2, 0) is 0 Å². The molecule has 0 aliphatic carbocycles. The highest BCUT2D eigenvalue weighted by Gasteiger charge is 2.03. The van der Waals surface area contributed by atoms with Crippen LogP contribution in [0.1, 0.15) is 18.5 Å². The summed E-state index contributed by atoms with van der Waals surface area (Å²) in [6.07, 6.45) is 3.97. The molecule has 0 bridgehead atoms. The zero-order valence-electron chi connectivity index (χ0n) is 9.74. The first-order chi connectivity index (χ1) is 7.77. The van der Waals surface area contributed by atoms with E-state index in [0.717, 1.165) is 12.3 Å². The number of hydrogen-bond donors (Lipinski definition) is 1. The first kappa shape index (κ1) is 13.1. The van der Waals surface area contributed by atoms with E-state index in [-0.39, 0.29) is 0 Å². The highest BCUT2D eigenvalue weighted by atomic mass is 35.5. The Morgan fingerprint density at radius 2 is 2.25 bits per heavy atom. The predicted molar refractivity (Wildman–Crippen MR) is 69.3 cm³/mol. The third-order valence-electron chi connectivity index (χ3n) is 2.39. The molecule has 1 rings (SSSR count). The molecule has 0 saturated heterocycles. The van der Waals surface area contributed by atoms with Crippen LogP contribution in [0.3, 0.4) is 0 Å². The van der Waals surface area contributed by atoms with Crippen LogP contribution in [-0.4, -0.2) is 19.5 Å². The number of benzene rings is 1. The van der Waals surface area contributed by atoms with E-state index in [0.29, 0.717) is 11.9 Å².